The van der Waals surface area contributed by atoms with Crippen LogP contribution >= 0.6 is 0 Å². The van der Waals surface area contributed by atoms with Crippen molar-refractivity contribution in [3.8, 4) is 35.5 Å². The van der Waals surface area contributed by atoms with Gasteiger partial charge in [-0.3, -0.25) is 5.10 Å². The summed E-state index contributed by atoms with van der Waals surface area (Å²) < 4.78 is 0. The van der Waals surface area contributed by atoms with E-state index in [2.05, 4.69) is 45.7 Å². The van der Waals surface area contributed by atoms with Gasteiger partial charge in [-0.1, -0.05) is 24.1 Å². The predicted molar refractivity (Wildman–Crippen MR) is 71.0 cm³/mol. The van der Waals surface area contributed by atoms with E-state index in [9.17, 15) is 0 Å². The third-order valence-corrected chi connectivity index (χ3v) is 1.64. The molecular formula is C15H12N2O. The molecule has 0 bridgehead atoms. The number of H-pyrrole nitrogens is 1. The van der Waals surface area contributed by atoms with Crippen molar-refractivity contribution in [3.63, 3.8) is 0 Å². The van der Waals surface area contributed by atoms with Gasteiger partial charge in [0.1, 0.15) is 5.69 Å². The van der Waals surface area contributed by atoms with Crippen molar-refractivity contribution in [2.75, 3.05) is 0 Å². The highest BCUT2D eigenvalue weighted by atomic mass is 16.3. The lowest BCUT2D eigenvalue weighted by atomic mass is 10.3. The van der Waals surface area contributed by atoms with Crippen molar-refractivity contribution in [1.29, 1.82) is 0 Å². The first kappa shape index (κ1) is 13.4. The maximum Gasteiger partial charge on any atom is 0.108 e. The van der Waals surface area contributed by atoms with Gasteiger partial charge in [-0.15, -0.1) is 0 Å². The lowest BCUT2D eigenvalue weighted by Gasteiger charge is -1.88. The molecule has 0 aliphatic carbocycles. The van der Waals surface area contributed by atoms with Gasteiger partial charge < -0.3 is 5.11 Å². The first-order valence-electron chi connectivity index (χ1n) is 5.31. The fourth-order valence-electron chi connectivity index (χ4n) is 0.893. The second-order valence-corrected chi connectivity index (χ2v) is 3.22. The molecule has 2 N–H and O–H groups in total. The largest absolute Gasteiger partial charge is 0.389 e. The Bertz CT molecular complexity index is 588. The molecule has 1 aromatic heterocycles. The van der Waals surface area contributed by atoms with Crippen LogP contribution in [0.4, 0.5) is 0 Å². The van der Waals surface area contributed by atoms with Gasteiger partial charge in [0.15, 0.2) is 0 Å². The quantitative estimate of drug-likeness (QED) is 0.600. The zero-order chi connectivity index (χ0) is 13.1. The fourth-order valence-corrected chi connectivity index (χ4v) is 0.893. The van der Waals surface area contributed by atoms with Crippen molar-refractivity contribution >= 4 is 0 Å². The summed E-state index contributed by atoms with van der Waals surface area (Å²) in [7, 11) is 0. The molecule has 1 atom stereocenters. The minimum Gasteiger partial charge on any atom is -0.389 e. The number of aliphatic hydroxyl groups is 1. The Morgan fingerprint density at radius 1 is 1.28 bits per heavy atom. The lowest BCUT2D eigenvalue weighted by Crippen LogP contribution is -1.90. The lowest BCUT2D eigenvalue weighted by molar-refractivity contribution is 0.244. The number of rotatable bonds is 2. The van der Waals surface area contributed by atoms with Crippen molar-refractivity contribution < 1.29 is 5.11 Å². The number of hydrogen-bond donors (Lipinski definition) is 2. The minimum absolute atomic E-state index is 0.444. The van der Waals surface area contributed by atoms with Crippen LogP contribution in [0.25, 0.3) is 0 Å². The predicted octanol–water partition coefficient (Wildman–Crippen LogP) is 1.26. The molecule has 88 valence electrons. The van der Waals surface area contributed by atoms with Gasteiger partial charge in [-0.25, -0.2) is 0 Å². The Labute approximate surface area is 107 Å². The summed E-state index contributed by atoms with van der Waals surface area (Å²) in [5.41, 5.74) is 0.723. The molecule has 0 unspecified atom stereocenters. The molecule has 0 amide bonds. The van der Waals surface area contributed by atoms with E-state index in [0.717, 1.165) is 5.69 Å². The highest BCUT2D eigenvalue weighted by Crippen LogP contribution is 1.85. The smallest absolute Gasteiger partial charge is 0.108 e. The van der Waals surface area contributed by atoms with Gasteiger partial charge in [0.05, 0.1) is 6.10 Å². The molecule has 3 heteroatoms. The second-order valence-electron chi connectivity index (χ2n) is 3.22. The van der Waals surface area contributed by atoms with E-state index in [1.807, 2.05) is 0 Å². The Hall–Kier alpha value is -2.67. The Morgan fingerprint density at radius 3 is 2.83 bits per heavy atom. The van der Waals surface area contributed by atoms with Crippen LogP contribution in [0, 0.1) is 35.5 Å². The zero-order valence-electron chi connectivity index (χ0n) is 9.94. The summed E-state index contributed by atoms with van der Waals surface area (Å²) in [4.78, 5) is 0. The SMILES string of the molecule is C[C@H](O)/C=C/C=C/C#CC#CC#Cc1ccn[nH]1. The van der Waals surface area contributed by atoms with Gasteiger partial charge in [-0.05, 0) is 48.7 Å². The molecule has 0 radical (unpaired) electrons. The normalized spacial score (nSPS) is 11.0. The van der Waals surface area contributed by atoms with Crippen LogP contribution in [0.15, 0.2) is 36.6 Å². The molecular weight excluding hydrogens is 224 g/mol. The van der Waals surface area contributed by atoms with Gasteiger partial charge in [0.25, 0.3) is 0 Å². The summed E-state index contributed by atoms with van der Waals surface area (Å²) in [6, 6.07) is 1.76. The molecule has 0 fully saturated rings. The number of nitrogens with one attached hydrogen (secondary N) is 1. The first-order chi connectivity index (χ1) is 8.79. The summed E-state index contributed by atoms with van der Waals surface area (Å²) in [5.74, 6) is 16.0. The van der Waals surface area contributed by atoms with Crippen LogP contribution in [0.3, 0.4) is 0 Å². The summed E-state index contributed by atoms with van der Waals surface area (Å²) in [5, 5.41) is 15.4. The monoisotopic (exact) mass is 236 g/mol. The molecule has 18 heavy (non-hydrogen) atoms. The molecule has 1 rings (SSSR count). The number of hydrogen-bond acceptors (Lipinski definition) is 2. The zero-order valence-corrected chi connectivity index (χ0v) is 9.94. The molecule has 3 nitrogen and oxygen atoms in total. The summed E-state index contributed by atoms with van der Waals surface area (Å²) >= 11 is 0. The number of allylic oxidation sites excluding steroid dienone is 3. The van der Waals surface area contributed by atoms with Crippen LogP contribution in [0.2, 0.25) is 0 Å². The molecule has 1 aromatic rings. The highest BCUT2D eigenvalue weighted by molar-refractivity contribution is 5.41. The maximum atomic E-state index is 8.93. The van der Waals surface area contributed by atoms with Crippen molar-refractivity contribution in [3.05, 3.63) is 42.3 Å². The Balaban J connectivity index is 2.38. The van der Waals surface area contributed by atoms with Gasteiger partial charge >= 0.3 is 0 Å². The topological polar surface area (TPSA) is 48.9 Å². The van der Waals surface area contributed by atoms with Crippen LogP contribution in [0.5, 0.6) is 0 Å². The van der Waals surface area contributed by atoms with Gasteiger partial charge in [0.2, 0.25) is 0 Å². The second kappa shape index (κ2) is 8.48. The van der Waals surface area contributed by atoms with Gasteiger partial charge in [-0.2, -0.15) is 5.10 Å². The van der Waals surface area contributed by atoms with E-state index in [1.54, 1.807) is 43.5 Å². The first-order valence-corrected chi connectivity index (χ1v) is 5.31. The van der Waals surface area contributed by atoms with Crippen LogP contribution in [-0.2, 0) is 0 Å². The Morgan fingerprint density at radius 2 is 2.11 bits per heavy atom. The molecule has 0 aliphatic heterocycles. The van der Waals surface area contributed by atoms with Crippen molar-refractivity contribution in [2.45, 2.75) is 13.0 Å². The van der Waals surface area contributed by atoms with E-state index < -0.39 is 6.10 Å². The van der Waals surface area contributed by atoms with Crippen LogP contribution in [-0.4, -0.2) is 21.4 Å². The molecule has 0 saturated heterocycles. The van der Waals surface area contributed by atoms with E-state index in [1.165, 1.54) is 0 Å². The highest BCUT2D eigenvalue weighted by Gasteiger charge is 1.81. The number of aromatic nitrogens is 2. The van der Waals surface area contributed by atoms with Crippen molar-refractivity contribution in [2.24, 2.45) is 0 Å². The molecule has 0 aliphatic rings. The molecule has 1 heterocycles. The minimum atomic E-state index is -0.444. The summed E-state index contributed by atoms with van der Waals surface area (Å²) in [6.07, 6.45) is 7.95. The average Bonchev–Trinajstić information content (AvgIpc) is 2.84. The number of nitrogens with zero attached hydrogens (tertiary/aromatic N) is 1. The van der Waals surface area contributed by atoms with Crippen LogP contribution < -0.4 is 0 Å². The molecule has 0 saturated carbocycles. The molecule has 0 spiro atoms. The number of aliphatic hydroxyl groups excluding tert-OH is 1. The van der Waals surface area contributed by atoms with E-state index in [-0.39, 0.29) is 0 Å². The third-order valence-electron chi connectivity index (χ3n) is 1.64. The number of aromatic amines is 1. The van der Waals surface area contributed by atoms with E-state index in [0.29, 0.717) is 0 Å². The van der Waals surface area contributed by atoms with Crippen LogP contribution in [0.1, 0.15) is 12.6 Å². The standard InChI is InChI=1S/C15H12N2O/c1-14(18)10-8-6-4-2-3-5-7-9-11-15-12-13-16-17-15/h4,6,8,10,12-14,18H,1H3,(H,16,17)/b6-4+,10-8+/t14-/m0/s1. The Kier molecular flexibility index (Phi) is 6.31. The fraction of sp³-hybridized carbons (Fsp3) is 0.133. The van der Waals surface area contributed by atoms with E-state index in [4.69, 9.17) is 5.11 Å². The van der Waals surface area contributed by atoms with Crippen molar-refractivity contribution in [1.82, 2.24) is 10.2 Å². The average molecular weight is 236 g/mol. The van der Waals surface area contributed by atoms with E-state index >= 15 is 0 Å². The van der Waals surface area contributed by atoms with Gasteiger partial charge in [0, 0.05) is 6.20 Å². The molecule has 0 aromatic carbocycles. The summed E-state index contributed by atoms with van der Waals surface area (Å²) in [6.45, 7) is 1.68. The third kappa shape index (κ3) is 6.75. The maximum absolute atomic E-state index is 8.93.